The number of pyridine rings is 1. The zero-order valence-corrected chi connectivity index (χ0v) is 20.0. The van der Waals surface area contributed by atoms with Gasteiger partial charge in [-0.2, -0.15) is 0 Å². The third-order valence-corrected chi connectivity index (χ3v) is 8.98. The molecule has 6 rings (SSSR count). The van der Waals surface area contributed by atoms with E-state index in [0.717, 1.165) is 65.2 Å². The minimum Gasteiger partial charge on any atom is -0.355 e. The first-order valence-electron chi connectivity index (χ1n) is 11.3. The van der Waals surface area contributed by atoms with Crippen molar-refractivity contribution in [2.24, 2.45) is 16.1 Å². The first-order chi connectivity index (χ1) is 16.0. The molecular weight excluding hydrogens is 452 g/mol. The van der Waals surface area contributed by atoms with E-state index in [1.807, 2.05) is 19.2 Å². The Labute approximate surface area is 202 Å². The van der Waals surface area contributed by atoms with Crippen LogP contribution in [0.25, 0.3) is 0 Å². The molecule has 1 spiro atoms. The molecule has 1 saturated heterocycles. The number of fused-ring (bicyclic) bond motifs is 2. The smallest absolute Gasteiger partial charge is 0.147 e. The van der Waals surface area contributed by atoms with Crippen LogP contribution in [0.15, 0.2) is 52.6 Å². The quantitative estimate of drug-likeness (QED) is 0.576. The second-order valence-electron chi connectivity index (χ2n) is 9.16. The predicted molar refractivity (Wildman–Crippen MR) is 133 cm³/mol. The number of aliphatic imine (C=N–C) groups is 1. The molecular formula is C25H25ClN6S. The number of rotatable bonds is 2. The molecule has 8 heteroatoms. The summed E-state index contributed by atoms with van der Waals surface area (Å²) >= 11 is 7.96. The molecule has 6 nitrogen and oxygen atoms in total. The van der Waals surface area contributed by atoms with Crippen LogP contribution in [0, 0.1) is 12.3 Å². The van der Waals surface area contributed by atoms with Gasteiger partial charge in [0.1, 0.15) is 16.6 Å². The van der Waals surface area contributed by atoms with Gasteiger partial charge < -0.3 is 10.6 Å². The lowest BCUT2D eigenvalue weighted by Crippen LogP contribution is -2.44. The number of thioether (sulfide) groups is 1. The zero-order chi connectivity index (χ0) is 22.6. The molecule has 1 aromatic carbocycles. The number of nitrogens with zero attached hydrogens (tertiary/aromatic N) is 5. The largest absolute Gasteiger partial charge is 0.355 e. The molecule has 168 valence electrons. The lowest BCUT2D eigenvalue weighted by molar-refractivity contribution is 0.187. The average Bonchev–Trinajstić information content (AvgIpc) is 3.36. The maximum atomic E-state index is 6.74. The summed E-state index contributed by atoms with van der Waals surface area (Å²) in [6, 6.07) is 10.7. The van der Waals surface area contributed by atoms with Crippen LogP contribution >= 0.6 is 23.4 Å². The number of anilines is 1. The fourth-order valence-corrected chi connectivity index (χ4v) is 6.55. The highest BCUT2D eigenvalue weighted by Gasteiger charge is 2.46. The standard InChI is InChI=1S/C25H25ClN6S/c1-15-21(26)19(6-9-28-15)33-24-22-18(13-30-24)31-20(14-29-22)32-10-7-25(8-11-32)12-16-4-2-3-5-17(16)23(25)27/h2-6,9,14,23H,7-8,10-13,27H2,1H3/t23-/m1/s1. The van der Waals surface area contributed by atoms with Crippen LogP contribution < -0.4 is 10.6 Å². The number of nitrogens with two attached hydrogens (primary N) is 1. The molecule has 0 unspecified atom stereocenters. The van der Waals surface area contributed by atoms with E-state index in [2.05, 4.69) is 39.1 Å². The van der Waals surface area contributed by atoms with Crippen LogP contribution in [-0.2, 0) is 13.0 Å². The number of piperidine rings is 1. The van der Waals surface area contributed by atoms with Gasteiger partial charge in [0.2, 0.25) is 0 Å². The Kier molecular flexibility index (Phi) is 5.16. The van der Waals surface area contributed by atoms with Crippen LogP contribution in [0.5, 0.6) is 0 Å². The molecule has 2 aromatic heterocycles. The van der Waals surface area contributed by atoms with Crippen molar-refractivity contribution in [2.75, 3.05) is 18.0 Å². The summed E-state index contributed by atoms with van der Waals surface area (Å²) in [5.41, 5.74) is 12.3. The normalized spacial score (nSPS) is 20.6. The highest BCUT2D eigenvalue weighted by Crippen LogP contribution is 2.51. The summed E-state index contributed by atoms with van der Waals surface area (Å²) in [6.07, 6.45) is 6.88. The molecule has 1 atom stereocenters. The van der Waals surface area contributed by atoms with Crippen molar-refractivity contribution in [1.82, 2.24) is 15.0 Å². The van der Waals surface area contributed by atoms with Gasteiger partial charge in [-0.25, -0.2) is 9.97 Å². The Morgan fingerprint density at radius 3 is 2.79 bits per heavy atom. The minimum absolute atomic E-state index is 0.124. The second kappa shape index (κ2) is 8.08. The van der Waals surface area contributed by atoms with Crippen LogP contribution in [0.1, 0.15) is 47.1 Å². The Bertz CT molecular complexity index is 1270. The molecule has 1 fully saturated rings. The van der Waals surface area contributed by atoms with E-state index in [-0.39, 0.29) is 11.5 Å². The van der Waals surface area contributed by atoms with E-state index in [9.17, 15) is 0 Å². The molecule has 0 radical (unpaired) electrons. The number of hydrogen-bond acceptors (Lipinski definition) is 7. The second-order valence-corrected chi connectivity index (χ2v) is 10.6. The minimum atomic E-state index is 0.124. The van der Waals surface area contributed by atoms with E-state index < -0.39 is 0 Å². The summed E-state index contributed by atoms with van der Waals surface area (Å²) in [6.45, 7) is 4.36. The third-order valence-electron chi connectivity index (χ3n) is 7.32. The summed E-state index contributed by atoms with van der Waals surface area (Å²) in [5.74, 6) is 0.937. The predicted octanol–water partition coefficient (Wildman–Crippen LogP) is 4.73. The fraction of sp³-hybridized carbons (Fsp3) is 0.360. The van der Waals surface area contributed by atoms with Crippen LogP contribution in [0.3, 0.4) is 0 Å². The van der Waals surface area contributed by atoms with Crippen molar-refractivity contribution >= 4 is 34.2 Å². The van der Waals surface area contributed by atoms with Gasteiger partial charge >= 0.3 is 0 Å². The lowest BCUT2D eigenvalue weighted by Gasteiger charge is -2.42. The Balaban J connectivity index is 1.16. The van der Waals surface area contributed by atoms with Crippen molar-refractivity contribution in [1.29, 1.82) is 0 Å². The number of aryl methyl sites for hydroxylation is 1. The van der Waals surface area contributed by atoms with E-state index in [1.165, 1.54) is 22.9 Å². The molecule has 2 aliphatic heterocycles. The lowest BCUT2D eigenvalue weighted by atomic mass is 9.73. The van der Waals surface area contributed by atoms with Crippen LogP contribution in [0.4, 0.5) is 5.82 Å². The van der Waals surface area contributed by atoms with E-state index in [4.69, 9.17) is 27.3 Å². The van der Waals surface area contributed by atoms with Crippen molar-refractivity contribution < 1.29 is 0 Å². The van der Waals surface area contributed by atoms with Gasteiger partial charge in [-0.1, -0.05) is 47.6 Å². The zero-order valence-electron chi connectivity index (χ0n) is 18.5. The molecule has 0 amide bonds. The Morgan fingerprint density at radius 2 is 1.97 bits per heavy atom. The van der Waals surface area contributed by atoms with E-state index >= 15 is 0 Å². The van der Waals surface area contributed by atoms with Gasteiger partial charge in [-0.05, 0) is 48.8 Å². The summed E-state index contributed by atoms with van der Waals surface area (Å²) < 4.78 is 0. The highest BCUT2D eigenvalue weighted by atomic mass is 35.5. The number of aromatic nitrogens is 3. The van der Waals surface area contributed by atoms with Crippen molar-refractivity contribution in [2.45, 2.75) is 43.7 Å². The SMILES string of the molecule is Cc1nccc(SC2=NCc3nc(N4CCC5(CC4)Cc4ccccc4[C@H]5N)cnc32)c1Cl. The molecule has 3 aromatic rings. The molecule has 1 aliphatic carbocycles. The number of halogens is 1. The molecule has 33 heavy (non-hydrogen) atoms. The maximum absolute atomic E-state index is 6.74. The monoisotopic (exact) mass is 476 g/mol. The van der Waals surface area contributed by atoms with Gasteiger partial charge in [0.25, 0.3) is 0 Å². The topological polar surface area (TPSA) is 80.3 Å². The van der Waals surface area contributed by atoms with Gasteiger partial charge in [-0.3, -0.25) is 9.98 Å². The summed E-state index contributed by atoms with van der Waals surface area (Å²) in [7, 11) is 0. The van der Waals surface area contributed by atoms with Gasteiger partial charge in [0.15, 0.2) is 0 Å². The molecule has 0 saturated carbocycles. The van der Waals surface area contributed by atoms with Crippen molar-refractivity contribution in [3.05, 3.63) is 76.0 Å². The fourth-order valence-electron chi connectivity index (χ4n) is 5.35. The number of hydrogen-bond donors (Lipinski definition) is 1. The highest BCUT2D eigenvalue weighted by molar-refractivity contribution is 8.14. The molecule has 2 N–H and O–H groups in total. The Morgan fingerprint density at radius 1 is 1.15 bits per heavy atom. The third kappa shape index (κ3) is 3.54. The van der Waals surface area contributed by atoms with Gasteiger partial charge in [0, 0.05) is 30.2 Å². The molecule has 4 heterocycles. The maximum Gasteiger partial charge on any atom is 0.147 e. The molecule has 0 bridgehead atoms. The van der Waals surface area contributed by atoms with Gasteiger partial charge in [-0.15, -0.1) is 0 Å². The first kappa shape index (κ1) is 21.1. The van der Waals surface area contributed by atoms with Crippen molar-refractivity contribution in [3.63, 3.8) is 0 Å². The van der Waals surface area contributed by atoms with Crippen molar-refractivity contribution in [3.8, 4) is 0 Å². The summed E-state index contributed by atoms with van der Waals surface area (Å²) in [5, 5.41) is 1.53. The first-order valence-corrected chi connectivity index (χ1v) is 12.5. The van der Waals surface area contributed by atoms with Crippen LogP contribution in [-0.4, -0.2) is 33.1 Å². The van der Waals surface area contributed by atoms with Gasteiger partial charge in [0.05, 0.1) is 29.2 Å². The molecule has 3 aliphatic rings. The number of benzene rings is 1. The van der Waals surface area contributed by atoms with Crippen LogP contribution in [0.2, 0.25) is 5.02 Å². The average molecular weight is 477 g/mol. The summed E-state index contributed by atoms with van der Waals surface area (Å²) in [4.78, 5) is 21.9. The van der Waals surface area contributed by atoms with E-state index in [1.54, 1.807) is 6.20 Å². The Hall–Kier alpha value is -2.48. The van der Waals surface area contributed by atoms with E-state index in [0.29, 0.717) is 11.6 Å².